The quantitative estimate of drug-likeness (QED) is 0.158. The summed E-state index contributed by atoms with van der Waals surface area (Å²) < 4.78 is 26.2. The third-order valence-corrected chi connectivity index (χ3v) is 7.68. The summed E-state index contributed by atoms with van der Waals surface area (Å²) in [7, 11) is -1.65. The van der Waals surface area contributed by atoms with Crippen LogP contribution in [-0.4, -0.2) is 75.6 Å². The van der Waals surface area contributed by atoms with Crippen LogP contribution in [0.25, 0.3) is 0 Å². The Morgan fingerprint density at radius 3 is 2.00 bits per heavy atom. The lowest BCUT2D eigenvalue weighted by Gasteiger charge is -2.24. The Bertz CT molecular complexity index is 1190. The molecule has 46 heavy (non-hydrogen) atoms. The van der Waals surface area contributed by atoms with Crippen LogP contribution in [0.1, 0.15) is 88.3 Å². The number of hydrogen-bond donors (Lipinski definition) is 5. The van der Waals surface area contributed by atoms with Gasteiger partial charge >= 0.3 is 13.2 Å². The second-order valence-electron chi connectivity index (χ2n) is 11.5. The molecule has 2 aromatic carbocycles. The van der Waals surface area contributed by atoms with Gasteiger partial charge in [-0.15, -0.1) is 0 Å². The van der Waals surface area contributed by atoms with Gasteiger partial charge in [-0.05, 0) is 41.7 Å². The van der Waals surface area contributed by atoms with Gasteiger partial charge in [0.2, 0.25) is 11.8 Å². The lowest BCUT2D eigenvalue weighted by molar-refractivity contribution is -0.137. The van der Waals surface area contributed by atoms with Crippen molar-refractivity contribution in [1.82, 2.24) is 20.4 Å². The number of hydrogen-bond acceptors (Lipinski definition) is 6. The summed E-state index contributed by atoms with van der Waals surface area (Å²) in [5.41, 5.74) is 2.62. The third-order valence-electron chi connectivity index (χ3n) is 7.68. The second kappa shape index (κ2) is 21.3. The van der Waals surface area contributed by atoms with E-state index in [0.717, 1.165) is 17.2 Å². The Labute approximate surface area is 271 Å². The largest absolute Gasteiger partial charge is 0.472 e. The number of nitrogens with one attached hydrogen (secondary N) is 2. The normalized spacial score (nSPS) is 14.9. The maximum absolute atomic E-state index is 13.1. The molecule has 0 radical (unpaired) electrons. The fraction of sp³-hybridized carbons (Fsp3) is 0.545. The minimum absolute atomic E-state index is 0.0788. The van der Waals surface area contributed by atoms with Crippen molar-refractivity contribution in [2.75, 3.05) is 19.5 Å². The standard InChI is InChI=1S/C15H20BF2N3O4.C9H9NO2.C9H20/c17-11-4-10(5-12(18)6-11)7-19-8-14(22)21-3-1-2-13(21)15(23)20-9-16(24)25;11-9(12)10-5-7-3-1-2-4-8(7)6-10;1-3-5-7-9-8-6-4-2/h4-6,13,19,24-25H,1-3,7-9H2,(H,20,23);1-4H,5-6H2,(H,11,12);3-9H2,1-2H3. The van der Waals surface area contributed by atoms with Crippen molar-refractivity contribution in [2.45, 2.75) is 97.3 Å². The van der Waals surface area contributed by atoms with Gasteiger partial charge in [-0.3, -0.25) is 14.5 Å². The zero-order chi connectivity index (χ0) is 33.9. The van der Waals surface area contributed by atoms with Crippen molar-refractivity contribution in [3.8, 4) is 0 Å². The summed E-state index contributed by atoms with van der Waals surface area (Å²) in [6, 6.07) is 10.3. The van der Waals surface area contributed by atoms with Crippen molar-refractivity contribution in [3.63, 3.8) is 0 Å². The Kier molecular flexibility index (Phi) is 17.9. The highest BCUT2D eigenvalue weighted by molar-refractivity contribution is 6.41. The number of carbonyl (C=O) groups is 3. The zero-order valence-electron chi connectivity index (χ0n) is 27.0. The molecule has 1 saturated heterocycles. The number of carboxylic acid groups (broad SMARTS) is 1. The Hall–Kier alpha value is -3.55. The number of likely N-dealkylation sites (tertiary alicyclic amines) is 1. The maximum Gasteiger partial charge on any atom is 0.472 e. The number of unbranched alkanes of at least 4 members (excludes halogenated alkanes) is 6. The van der Waals surface area contributed by atoms with Crippen molar-refractivity contribution < 1.29 is 38.3 Å². The molecule has 0 bridgehead atoms. The van der Waals surface area contributed by atoms with Gasteiger partial charge < -0.3 is 30.7 Å². The van der Waals surface area contributed by atoms with E-state index in [-0.39, 0.29) is 25.4 Å². The molecular weight excluding hydrogens is 597 g/mol. The Morgan fingerprint density at radius 1 is 0.913 bits per heavy atom. The molecular formula is C33H49BF2N4O6. The molecule has 13 heteroatoms. The van der Waals surface area contributed by atoms with Crippen LogP contribution < -0.4 is 10.6 Å². The molecule has 3 amide bonds. The number of amides is 3. The van der Waals surface area contributed by atoms with Crippen molar-refractivity contribution >= 4 is 25.0 Å². The van der Waals surface area contributed by atoms with Gasteiger partial charge in [0, 0.05) is 32.2 Å². The van der Waals surface area contributed by atoms with Gasteiger partial charge in [-0.1, -0.05) is 83.1 Å². The molecule has 1 unspecified atom stereocenters. The lowest BCUT2D eigenvalue weighted by Crippen LogP contribution is -2.50. The first-order valence-corrected chi connectivity index (χ1v) is 16.2. The Morgan fingerprint density at radius 2 is 1.48 bits per heavy atom. The van der Waals surface area contributed by atoms with Crippen LogP contribution in [0.2, 0.25) is 0 Å². The number of fused-ring (bicyclic) bond motifs is 1. The number of benzene rings is 2. The van der Waals surface area contributed by atoms with E-state index in [2.05, 4.69) is 24.5 Å². The summed E-state index contributed by atoms with van der Waals surface area (Å²) in [4.78, 5) is 37.7. The van der Waals surface area contributed by atoms with Gasteiger partial charge in [-0.25, -0.2) is 13.6 Å². The number of halogens is 2. The average molecular weight is 647 g/mol. The number of rotatable bonds is 13. The van der Waals surface area contributed by atoms with E-state index in [4.69, 9.17) is 15.2 Å². The van der Waals surface area contributed by atoms with Crippen LogP contribution in [0, 0.1) is 11.6 Å². The van der Waals surface area contributed by atoms with Gasteiger partial charge in [0.05, 0.1) is 13.0 Å². The smallest absolute Gasteiger partial charge is 0.465 e. The molecule has 0 spiro atoms. The van der Waals surface area contributed by atoms with Crippen LogP contribution in [-0.2, 0) is 29.2 Å². The molecule has 0 saturated carbocycles. The second-order valence-corrected chi connectivity index (χ2v) is 11.5. The number of carbonyl (C=O) groups excluding carboxylic acids is 2. The average Bonchev–Trinajstić information content (AvgIpc) is 3.68. The SMILES string of the molecule is CCCCCCCCC.O=C(NCB(O)O)C1CCCN1C(=O)CNCc1cc(F)cc(F)c1.O=C(O)N1Cc2ccccc2C1. The van der Waals surface area contributed by atoms with Crippen molar-refractivity contribution in [3.05, 3.63) is 70.8 Å². The molecule has 4 rings (SSSR count). The highest BCUT2D eigenvalue weighted by atomic mass is 19.1. The molecule has 254 valence electrons. The van der Waals surface area contributed by atoms with E-state index < -0.39 is 36.8 Å². The highest BCUT2D eigenvalue weighted by Gasteiger charge is 2.34. The first kappa shape index (κ1) is 38.6. The maximum atomic E-state index is 13.1. The summed E-state index contributed by atoms with van der Waals surface area (Å²) in [5.74, 6) is -2.12. The van der Waals surface area contributed by atoms with E-state index in [1.165, 1.54) is 66.9 Å². The summed E-state index contributed by atoms with van der Waals surface area (Å²) in [6.07, 6.45) is 9.99. The summed E-state index contributed by atoms with van der Waals surface area (Å²) in [6.45, 7) is 6.05. The van der Waals surface area contributed by atoms with Gasteiger partial charge in [0.1, 0.15) is 17.7 Å². The third kappa shape index (κ3) is 14.3. The Balaban J connectivity index is 0.000000288. The predicted octanol–water partition coefficient (Wildman–Crippen LogP) is 4.61. The molecule has 0 aliphatic carbocycles. The zero-order valence-corrected chi connectivity index (χ0v) is 27.0. The van der Waals surface area contributed by atoms with Crippen LogP contribution >= 0.6 is 0 Å². The molecule has 0 aromatic heterocycles. The van der Waals surface area contributed by atoms with E-state index in [0.29, 0.717) is 38.0 Å². The van der Waals surface area contributed by atoms with Gasteiger partial charge in [0.25, 0.3) is 0 Å². The molecule has 5 N–H and O–H groups in total. The molecule has 2 aliphatic rings. The van der Waals surface area contributed by atoms with Crippen LogP contribution in [0.15, 0.2) is 42.5 Å². The first-order valence-electron chi connectivity index (χ1n) is 16.2. The molecule has 1 fully saturated rings. The lowest BCUT2D eigenvalue weighted by atomic mass is 9.92. The van der Waals surface area contributed by atoms with Crippen LogP contribution in [0.3, 0.4) is 0 Å². The van der Waals surface area contributed by atoms with Crippen LogP contribution in [0.4, 0.5) is 13.6 Å². The highest BCUT2D eigenvalue weighted by Crippen LogP contribution is 2.21. The van der Waals surface area contributed by atoms with Crippen molar-refractivity contribution in [1.29, 1.82) is 0 Å². The van der Waals surface area contributed by atoms with Crippen LogP contribution in [0.5, 0.6) is 0 Å². The monoisotopic (exact) mass is 646 g/mol. The molecule has 10 nitrogen and oxygen atoms in total. The van der Waals surface area contributed by atoms with E-state index in [1.54, 1.807) is 0 Å². The van der Waals surface area contributed by atoms with E-state index in [9.17, 15) is 23.2 Å². The molecule has 2 aromatic rings. The fourth-order valence-corrected chi connectivity index (χ4v) is 5.27. The first-order chi connectivity index (χ1) is 22.0. The predicted molar refractivity (Wildman–Crippen MR) is 173 cm³/mol. The molecule has 1 atom stereocenters. The summed E-state index contributed by atoms with van der Waals surface area (Å²) in [5, 5.41) is 31.4. The minimum Gasteiger partial charge on any atom is -0.465 e. The van der Waals surface area contributed by atoms with Gasteiger partial charge in [-0.2, -0.15) is 0 Å². The number of nitrogens with zero attached hydrogens (tertiary/aromatic N) is 2. The van der Waals surface area contributed by atoms with E-state index in [1.807, 2.05) is 24.3 Å². The molecule has 2 heterocycles. The summed E-state index contributed by atoms with van der Waals surface area (Å²) >= 11 is 0. The van der Waals surface area contributed by atoms with Gasteiger partial charge in [0.15, 0.2) is 0 Å². The topological polar surface area (TPSA) is 142 Å². The van der Waals surface area contributed by atoms with Crippen molar-refractivity contribution in [2.24, 2.45) is 0 Å². The van der Waals surface area contributed by atoms with E-state index >= 15 is 0 Å². The minimum atomic E-state index is -1.65. The fourth-order valence-electron chi connectivity index (χ4n) is 5.27. The molecule has 2 aliphatic heterocycles.